The van der Waals surface area contributed by atoms with Crippen molar-refractivity contribution in [2.24, 2.45) is 11.3 Å². The Labute approximate surface area is 105 Å². The Morgan fingerprint density at radius 3 is 2.47 bits per heavy atom. The number of nitrogens with one attached hydrogen (secondary N) is 1. The van der Waals surface area contributed by atoms with E-state index in [1.807, 2.05) is 19.2 Å². The zero-order valence-electron chi connectivity index (χ0n) is 11.7. The van der Waals surface area contributed by atoms with Gasteiger partial charge in [0, 0.05) is 6.54 Å². The monoisotopic (exact) mass is 235 g/mol. The zero-order valence-corrected chi connectivity index (χ0v) is 11.7. The van der Waals surface area contributed by atoms with Crippen LogP contribution in [0.3, 0.4) is 0 Å². The smallest absolute Gasteiger partial charge is 0.122 e. The van der Waals surface area contributed by atoms with Crippen LogP contribution in [0.25, 0.3) is 0 Å². The number of methoxy groups -OCH3 is 1. The number of benzene rings is 1. The molecule has 1 N–H and O–H groups in total. The second-order valence-corrected chi connectivity index (χ2v) is 5.33. The maximum absolute atomic E-state index is 5.43. The van der Waals surface area contributed by atoms with E-state index in [1.54, 1.807) is 7.11 Å². The summed E-state index contributed by atoms with van der Waals surface area (Å²) in [5.74, 6) is 1.62. The Morgan fingerprint density at radius 1 is 1.29 bits per heavy atom. The first-order chi connectivity index (χ1) is 8.03. The van der Waals surface area contributed by atoms with Crippen LogP contribution < -0.4 is 10.1 Å². The van der Waals surface area contributed by atoms with Crippen molar-refractivity contribution in [2.45, 2.75) is 27.2 Å². The molecule has 0 aliphatic heterocycles. The molecule has 2 heteroatoms. The Balaban J connectivity index is 2.93. The molecule has 0 fully saturated rings. The third-order valence-electron chi connectivity index (χ3n) is 3.76. The van der Waals surface area contributed by atoms with Crippen molar-refractivity contribution in [1.82, 2.24) is 5.32 Å². The minimum absolute atomic E-state index is 0.253. The van der Waals surface area contributed by atoms with Gasteiger partial charge in [-0.05, 0) is 36.4 Å². The molecule has 1 rings (SSSR count). The van der Waals surface area contributed by atoms with E-state index in [-0.39, 0.29) is 5.41 Å². The van der Waals surface area contributed by atoms with Crippen LogP contribution in [0.4, 0.5) is 0 Å². The maximum atomic E-state index is 5.43. The molecule has 17 heavy (non-hydrogen) atoms. The lowest BCUT2D eigenvalue weighted by molar-refractivity contribution is 0.210. The van der Waals surface area contributed by atoms with E-state index in [1.165, 1.54) is 5.56 Å². The number of hydrogen-bond donors (Lipinski definition) is 1. The topological polar surface area (TPSA) is 21.3 Å². The Kier molecular flexibility index (Phi) is 5.01. The molecule has 0 aromatic heterocycles. The highest BCUT2D eigenvalue weighted by Gasteiger charge is 2.28. The first kappa shape index (κ1) is 14.0. The molecule has 1 aromatic rings. The van der Waals surface area contributed by atoms with Crippen LogP contribution in [0, 0.1) is 11.3 Å². The van der Waals surface area contributed by atoms with Crippen LogP contribution in [-0.2, 0) is 6.42 Å². The van der Waals surface area contributed by atoms with Gasteiger partial charge in [0.1, 0.15) is 5.75 Å². The predicted molar refractivity (Wildman–Crippen MR) is 73.6 cm³/mol. The standard InChI is InChI=1S/C15H25NO/c1-12(2)15(3,11-16-4)10-13-8-6-7-9-14(13)17-5/h6-9,12,16H,10-11H2,1-5H3. The Bertz CT molecular complexity index is 349. The van der Waals surface area contributed by atoms with Crippen molar-refractivity contribution in [3.63, 3.8) is 0 Å². The number of hydrogen-bond acceptors (Lipinski definition) is 2. The van der Waals surface area contributed by atoms with E-state index in [4.69, 9.17) is 4.74 Å². The fraction of sp³-hybridized carbons (Fsp3) is 0.600. The van der Waals surface area contributed by atoms with Crippen LogP contribution >= 0.6 is 0 Å². The molecule has 0 radical (unpaired) electrons. The lowest BCUT2D eigenvalue weighted by Gasteiger charge is -2.34. The molecule has 0 heterocycles. The van der Waals surface area contributed by atoms with Gasteiger partial charge in [-0.15, -0.1) is 0 Å². The third kappa shape index (κ3) is 3.47. The van der Waals surface area contributed by atoms with Gasteiger partial charge in [-0.3, -0.25) is 0 Å². The fourth-order valence-electron chi connectivity index (χ4n) is 2.16. The molecule has 0 aliphatic carbocycles. The van der Waals surface area contributed by atoms with E-state index in [2.05, 4.69) is 38.2 Å². The quantitative estimate of drug-likeness (QED) is 0.818. The average Bonchev–Trinajstić information content (AvgIpc) is 2.30. The van der Waals surface area contributed by atoms with Gasteiger partial charge in [0.2, 0.25) is 0 Å². The molecule has 0 aliphatic rings. The predicted octanol–water partition coefficient (Wildman–Crippen LogP) is 3.12. The van der Waals surface area contributed by atoms with E-state index in [0.717, 1.165) is 18.7 Å². The molecule has 1 aromatic carbocycles. The molecule has 0 saturated carbocycles. The fourth-order valence-corrected chi connectivity index (χ4v) is 2.16. The van der Waals surface area contributed by atoms with Crippen LogP contribution in [0.5, 0.6) is 5.75 Å². The van der Waals surface area contributed by atoms with Crippen molar-refractivity contribution < 1.29 is 4.74 Å². The molecule has 0 spiro atoms. The lowest BCUT2D eigenvalue weighted by atomic mass is 9.74. The average molecular weight is 235 g/mol. The molecule has 2 nitrogen and oxygen atoms in total. The summed E-state index contributed by atoms with van der Waals surface area (Å²) in [7, 11) is 3.76. The van der Waals surface area contributed by atoms with Gasteiger partial charge < -0.3 is 10.1 Å². The number of para-hydroxylation sites is 1. The third-order valence-corrected chi connectivity index (χ3v) is 3.76. The highest BCUT2D eigenvalue weighted by molar-refractivity contribution is 5.34. The van der Waals surface area contributed by atoms with E-state index >= 15 is 0 Å². The highest BCUT2D eigenvalue weighted by Crippen LogP contribution is 2.33. The van der Waals surface area contributed by atoms with Gasteiger partial charge in [-0.2, -0.15) is 0 Å². The van der Waals surface area contributed by atoms with Gasteiger partial charge >= 0.3 is 0 Å². The Hall–Kier alpha value is -1.02. The first-order valence-electron chi connectivity index (χ1n) is 6.30. The van der Waals surface area contributed by atoms with Gasteiger partial charge in [0.05, 0.1) is 7.11 Å². The molecule has 0 saturated heterocycles. The van der Waals surface area contributed by atoms with E-state index < -0.39 is 0 Å². The summed E-state index contributed by atoms with van der Waals surface area (Å²) in [5, 5.41) is 3.31. The van der Waals surface area contributed by atoms with E-state index in [9.17, 15) is 0 Å². The molecule has 0 amide bonds. The van der Waals surface area contributed by atoms with Gasteiger partial charge in [-0.1, -0.05) is 39.0 Å². The highest BCUT2D eigenvalue weighted by atomic mass is 16.5. The summed E-state index contributed by atoms with van der Waals surface area (Å²) in [6.07, 6.45) is 1.04. The summed E-state index contributed by atoms with van der Waals surface area (Å²) in [6.45, 7) is 7.92. The van der Waals surface area contributed by atoms with Crippen molar-refractivity contribution >= 4 is 0 Å². The number of rotatable bonds is 6. The van der Waals surface area contributed by atoms with Crippen LogP contribution in [0.2, 0.25) is 0 Å². The summed E-state index contributed by atoms with van der Waals surface area (Å²) in [5.41, 5.74) is 1.55. The SMILES string of the molecule is CNCC(C)(Cc1ccccc1OC)C(C)C. The molecule has 1 unspecified atom stereocenters. The molecule has 0 bridgehead atoms. The zero-order chi connectivity index (χ0) is 12.9. The van der Waals surface area contributed by atoms with Crippen molar-refractivity contribution in [1.29, 1.82) is 0 Å². The lowest BCUT2D eigenvalue weighted by Crippen LogP contribution is -2.36. The molecular weight excluding hydrogens is 210 g/mol. The van der Waals surface area contributed by atoms with Crippen LogP contribution in [0.1, 0.15) is 26.3 Å². The maximum Gasteiger partial charge on any atom is 0.122 e. The largest absolute Gasteiger partial charge is 0.496 e. The molecule has 1 atom stereocenters. The summed E-state index contributed by atoms with van der Waals surface area (Å²) >= 11 is 0. The Morgan fingerprint density at radius 2 is 1.94 bits per heavy atom. The summed E-state index contributed by atoms with van der Waals surface area (Å²) in [4.78, 5) is 0. The normalized spacial score (nSPS) is 14.7. The van der Waals surface area contributed by atoms with Gasteiger partial charge in [-0.25, -0.2) is 0 Å². The van der Waals surface area contributed by atoms with Crippen LogP contribution in [-0.4, -0.2) is 20.7 Å². The number of ether oxygens (including phenoxy) is 1. The molecule has 96 valence electrons. The van der Waals surface area contributed by atoms with Crippen molar-refractivity contribution in [3.05, 3.63) is 29.8 Å². The molecular formula is C15H25NO. The minimum Gasteiger partial charge on any atom is -0.496 e. The van der Waals surface area contributed by atoms with Crippen molar-refractivity contribution in [2.75, 3.05) is 20.7 Å². The van der Waals surface area contributed by atoms with Crippen LogP contribution in [0.15, 0.2) is 24.3 Å². The summed E-state index contributed by atoms with van der Waals surface area (Å²) < 4.78 is 5.43. The second kappa shape index (κ2) is 6.06. The van der Waals surface area contributed by atoms with Gasteiger partial charge in [0.15, 0.2) is 0 Å². The summed E-state index contributed by atoms with van der Waals surface area (Å²) in [6, 6.07) is 8.30. The van der Waals surface area contributed by atoms with E-state index in [0.29, 0.717) is 5.92 Å². The van der Waals surface area contributed by atoms with Crippen molar-refractivity contribution in [3.8, 4) is 5.75 Å². The second-order valence-electron chi connectivity index (χ2n) is 5.33. The van der Waals surface area contributed by atoms with Gasteiger partial charge in [0.25, 0.3) is 0 Å². The minimum atomic E-state index is 0.253. The first-order valence-corrected chi connectivity index (χ1v) is 6.30.